The average molecular weight is 210 g/mol. The van der Waals surface area contributed by atoms with Gasteiger partial charge in [-0.3, -0.25) is 0 Å². The van der Waals surface area contributed by atoms with Crippen LogP contribution in [0.1, 0.15) is 41.0 Å². The Kier molecular flexibility index (Phi) is 6.76. The molecule has 86 valence electrons. The van der Waals surface area contributed by atoms with Gasteiger partial charge in [-0.25, -0.2) is 4.79 Å². The number of esters is 1. The third-order valence-electron chi connectivity index (χ3n) is 2.36. The predicted molar refractivity (Wildman–Crippen MR) is 63.6 cm³/mol. The lowest BCUT2D eigenvalue weighted by atomic mass is 10.0. The SMILES string of the molecule is C/C=C(/C)C(=O)OC(C/C=C/C)C(C)C. The first-order valence-corrected chi connectivity index (χ1v) is 5.48. The molecule has 1 unspecified atom stereocenters. The van der Waals surface area contributed by atoms with Gasteiger partial charge in [-0.05, 0) is 26.7 Å². The number of carbonyl (C=O) groups is 1. The zero-order valence-corrected chi connectivity index (χ0v) is 10.4. The topological polar surface area (TPSA) is 26.3 Å². The summed E-state index contributed by atoms with van der Waals surface area (Å²) in [5.74, 6) is 0.135. The van der Waals surface area contributed by atoms with Crippen LogP contribution < -0.4 is 0 Å². The quantitative estimate of drug-likeness (QED) is 0.394. The second-order valence-corrected chi connectivity index (χ2v) is 3.96. The van der Waals surface area contributed by atoms with Crippen LogP contribution in [0.15, 0.2) is 23.8 Å². The molecular weight excluding hydrogens is 188 g/mol. The molecule has 0 amide bonds. The van der Waals surface area contributed by atoms with E-state index >= 15 is 0 Å². The molecule has 1 atom stereocenters. The molecule has 0 aromatic rings. The zero-order valence-electron chi connectivity index (χ0n) is 10.4. The van der Waals surface area contributed by atoms with E-state index in [2.05, 4.69) is 13.8 Å². The molecule has 0 bridgehead atoms. The molecule has 0 rings (SSSR count). The number of carbonyl (C=O) groups excluding carboxylic acids is 1. The van der Waals surface area contributed by atoms with Gasteiger partial charge in [-0.2, -0.15) is 0 Å². The molecule has 2 heteroatoms. The summed E-state index contributed by atoms with van der Waals surface area (Å²) in [5, 5.41) is 0. The Balaban J connectivity index is 4.35. The molecule has 0 aliphatic heterocycles. The van der Waals surface area contributed by atoms with Crippen molar-refractivity contribution in [3.05, 3.63) is 23.8 Å². The molecule has 0 N–H and O–H groups in total. The van der Waals surface area contributed by atoms with E-state index in [-0.39, 0.29) is 12.1 Å². The molecule has 0 aliphatic carbocycles. The molecule has 2 nitrogen and oxygen atoms in total. The summed E-state index contributed by atoms with van der Waals surface area (Å²) in [6.45, 7) is 9.71. The highest BCUT2D eigenvalue weighted by Gasteiger charge is 2.17. The van der Waals surface area contributed by atoms with Crippen LogP contribution >= 0.6 is 0 Å². The molecule has 0 spiro atoms. The first kappa shape index (κ1) is 13.9. The number of rotatable bonds is 5. The van der Waals surface area contributed by atoms with Crippen molar-refractivity contribution in [3.8, 4) is 0 Å². The maximum atomic E-state index is 11.5. The zero-order chi connectivity index (χ0) is 11.8. The molecule has 0 saturated heterocycles. The molecule has 0 heterocycles. The molecule has 0 aromatic carbocycles. The highest BCUT2D eigenvalue weighted by Crippen LogP contribution is 2.13. The highest BCUT2D eigenvalue weighted by molar-refractivity contribution is 5.87. The van der Waals surface area contributed by atoms with Crippen LogP contribution in [0, 0.1) is 5.92 Å². The normalized spacial score (nSPS) is 14.7. The van der Waals surface area contributed by atoms with E-state index in [1.165, 1.54) is 0 Å². The van der Waals surface area contributed by atoms with Gasteiger partial charge in [0.1, 0.15) is 6.10 Å². The van der Waals surface area contributed by atoms with E-state index in [1.54, 1.807) is 13.0 Å². The van der Waals surface area contributed by atoms with Gasteiger partial charge in [0.15, 0.2) is 0 Å². The molecular formula is C13H22O2. The van der Waals surface area contributed by atoms with Crippen LogP contribution in [-0.4, -0.2) is 12.1 Å². The summed E-state index contributed by atoms with van der Waals surface area (Å²) < 4.78 is 5.41. The van der Waals surface area contributed by atoms with Crippen molar-refractivity contribution in [3.63, 3.8) is 0 Å². The first-order chi connectivity index (χ1) is 7.02. The van der Waals surface area contributed by atoms with Gasteiger partial charge >= 0.3 is 5.97 Å². The van der Waals surface area contributed by atoms with Crippen molar-refractivity contribution in [2.75, 3.05) is 0 Å². The number of allylic oxidation sites excluding steroid dienone is 2. The van der Waals surface area contributed by atoms with Gasteiger partial charge in [-0.1, -0.05) is 32.1 Å². The minimum absolute atomic E-state index is 0.0244. The molecule has 0 radical (unpaired) electrons. The summed E-state index contributed by atoms with van der Waals surface area (Å²) >= 11 is 0. The van der Waals surface area contributed by atoms with Gasteiger partial charge in [0.2, 0.25) is 0 Å². The summed E-state index contributed by atoms with van der Waals surface area (Å²) in [7, 11) is 0. The molecule has 0 saturated carbocycles. The number of hydrogen-bond acceptors (Lipinski definition) is 2. The maximum absolute atomic E-state index is 11.5. The minimum atomic E-state index is -0.208. The molecule has 0 fully saturated rings. The fraction of sp³-hybridized carbons (Fsp3) is 0.615. The molecule has 0 aliphatic rings. The Morgan fingerprint density at radius 1 is 1.33 bits per heavy atom. The smallest absolute Gasteiger partial charge is 0.333 e. The number of hydrogen-bond donors (Lipinski definition) is 0. The van der Waals surface area contributed by atoms with Crippen LogP contribution in [0.3, 0.4) is 0 Å². The number of ether oxygens (including phenoxy) is 1. The van der Waals surface area contributed by atoms with Crippen molar-refractivity contribution >= 4 is 5.97 Å². The Hall–Kier alpha value is -1.05. The van der Waals surface area contributed by atoms with E-state index in [4.69, 9.17) is 4.74 Å². The Morgan fingerprint density at radius 3 is 2.33 bits per heavy atom. The van der Waals surface area contributed by atoms with E-state index in [0.29, 0.717) is 11.5 Å². The summed E-state index contributed by atoms with van der Waals surface area (Å²) in [4.78, 5) is 11.5. The van der Waals surface area contributed by atoms with Crippen molar-refractivity contribution in [2.24, 2.45) is 5.92 Å². The average Bonchev–Trinajstić information content (AvgIpc) is 2.22. The van der Waals surface area contributed by atoms with Gasteiger partial charge in [0.25, 0.3) is 0 Å². The van der Waals surface area contributed by atoms with E-state index in [1.807, 2.05) is 26.0 Å². The van der Waals surface area contributed by atoms with Crippen molar-refractivity contribution < 1.29 is 9.53 Å². The van der Waals surface area contributed by atoms with Gasteiger partial charge in [0.05, 0.1) is 0 Å². The second kappa shape index (κ2) is 7.27. The Bertz CT molecular complexity index is 249. The Morgan fingerprint density at radius 2 is 1.93 bits per heavy atom. The van der Waals surface area contributed by atoms with Crippen LogP contribution in [0.5, 0.6) is 0 Å². The summed E-state index contributed by atoms with van der Waals surface area (Å²) in [6.07, 6.45) is 6.55. The standard InChI is InChI=1S/C13H22O2/c1-6-8-9-12(10(3)4)15-13(14)11(5)7-2/h6-8,10,12H,9H2,1-5H3/b8-6+,11-7-. The Labute approximate surface area is 93.0 Å². The lowest BCUT2D eigenvalue weighted by molar-refractivity contribution is -0.146. The lowest BCUT2D eigenvalue weighted by Gasteiger charge is -2.20. The van der Waals surface area contributed by atoms with Crippen LogP contribution in [0.4, 0.5) is 0 Å². The van der Waals surface area contributed by atoms with Crippen LogP contribution in [0.25, 0.3) is 0 Å². The third-order valence-corrected chi connectivity index (χ3v) is 2.36. The predicted octanol–water partition coefficient (Wildman–Crippen LogP) is 3.49. The van der Waals surface area contributed by atoms with Crippen LogP contribution in [-0.2, 0) is 9.53 Å². The highest BCUT2D eigenvalue weighted by atomic mass is 16.5. The lowest BCUT2D eigenvalue weighted by Crippen LogP contribution is -2.23. The third kappa shape index (κ3) is 5.40. The van der Waals surface area contributed by atoms with Gasteiger partial charge in [-0.15, -0.1) is 0 Å². The largest absolute Gasteiger partial charge is 0.458 e. The first-order valence-electron chi connectivity index (χ1n) is 5.48. The monoisotopic (exact) mass is 210 g/mol. The fourth-order valence-corrected chi connectivity index (χ4v) is 1.07. The van der Waals surface area contributed by atoms with E-state index < -0.39 is 0 Å². The van der Waals surface area contributed by atoms with E-state index in [9.17, 15) is 4.79 Å². The maximum Gasteiger partial charge on any atom is 0.333 e. The van der Waals surface area contributed by atoms with Crippen molar-refractivity contribution in [2.45, 2.75) is 47.1 Å². The van der Waals surface area contributed by atoms with Gasteiger partial charge < -0.3 is 4.74 Å². The fourth-order valence-electron chi connectivity index (χ4n) is 1.07. The van der Waals surface area contributed by atoms with Gasteiger partial charge in [0, 0.05) is 12.0 Å². The molecule has 15 heavy (non-hydrogen) atoms. The minimum Gasteiger partial charge on any atom is -0.458 e. The summed E-state index contributed by atoms with van der Waals surface area (Å²) in [5.41, 5.74) is 0.668. The molecule has 0 aromatic heterocycles. The summed E-state index contributed by atoms with van der Waals surface area (Å²) in [6, 6.07) is 0. The second-order valence-electron chi connectivity index (χ2n) is 3.96. The van der Waals surface area contributed by atoms with Crippen molar-refractivity contribution in [1.29, 1.82) is 0 Å². The van der Waals surface area contributed by atoms with Crippen LogP contribution in [0.2, 0.25) is 0 Å². The van der Waals surface area contributed by atoms with Crippen molar-refractivity contribution in [1.82, 2.24) is 0 Å². The van der Waals surface area contributed by atoms with E-state index in [0.717, 1.165) is 6.42 Å².